The number of rotatable bonds is 6. The van der Waals surface area contributed by atoms with Crippen molar-refractivity contribution in [1.29, 1.82) is 0 Å². The smallest absolute Gasteiger partial charge is 0.274 e. The number of anilines is 1. The van der Waals surface area contributed by atoms with Crippen molar-refractivity contribution < 1.29 is 9.18 Å². The zero-order valence-electron chi connectivity index (χ0n) is 17.7. The van der Waals surface area contributed by atoms with E-state index >= 15 is 0 Å². The first-order valence-electron chi connectivity index (χ1n) is 10.1. The van der Waals surface area contributed by atoms with Crippen LogP contribution >= 0.6 is 23.1 Å². The molecule has 31 heavy (non-hydrogen) atoms. The standard InChI is InChI=1S/C22H24FN5OS2/c1-13-11-18(27-22(25-13)30-3)24-12-17-5-4-10-28(17)21(29)19-20(31-14(2)26-19)15-6-8-16(23)9-7-15/h6-9,11,17H,4-5,10,12H2,1-3H3,(H,24,25,27)/t17-/m0/s1. The van der Waals surface area contributed by atoms with Gasteiger partial charge in [0.2, 0.25) is 0 Å². The van der Waals surface area contributed by atoms with Crippen LogP contribution < -0.4 is 5.32 Å². The van der Waals surface area contributed by atoms with Crippen LogP contribution in [0.3, 0.4) is 0 Å². The molecule has 6 nitrogen and oxygen atoms in total. The van der Waals surface area contributed by atoms with Crippen LogP contribution in [0.2, 0.25) is 0 Å². The molecule has 1 amide bonds. The lowest BCUT2D eigenvalue weighted by molar-refractivity contribution is 0.0739. The number of likely N-dealkylation sites (tertiary alicyclic amines) is 1. The number of amides is 1. The first-order chi connectivity index (χ1) is 14.9. The second-order valence-corrected chi connectivity index (χ2v) is 9.45. The van der Waals surface area contributed by atoms with Crippen molar-refractivity contribution in [2.24, 2.45) is 0 Å². The monoisotopic (exact) mass is 457 g/mol. The number of nitrogens with one attached hydrogen (secondary N) is 1. The van der Waals surface area contributed by atoms with Crippen LogP contribution in [-0.4, -0.2) is 51.1 Å². The molecule has 0 unspecified atom stereocenters. The molecular formula is C22H24FN5OS2. The van der Waals surface area contributed by atoms with E-state index in [4.69, 9.17) is 0 Å². The second-order valence-electron chi connectivity index (χ2n) is 7.47. The van der Waals surface area contributed by atoms with Crippen LogP contribution in [0, 0.1) is 19.7 Å². The van der Waals surface area contributed by atoms with Crippen molar-refractivity contribution in [3.63, 3.8) is 0 Å². The average molecular weight is 458 g/mol. The summed E-state index contributed by atoms with van der Waals surface area (Å²) in [6, 6.07) is 8.19. The first kappa shape index (κ1) is 21.7. The molecule has 1 aromatic carbocycles. The molecule has 4 rings (SSSR count). The van der Waals surface area contributed by atoms with Gasteiger partial charge in [0.05, 0.1) is 9.88 Å². The summed E-state index contributed by atoms with van der Waals surface area (Å²) in [5, 5.41) is 4.92. The van der Waals surface area contributed by atoms with Crippen LogP contribution in [0.25, 0.3) is 10.4 Å². The average Bonchev–Trinajstić information content (AvgIpc) is 3.38. The highest BCUT2D eigenvalue weighted by molar-refractivity contribution is 7.98. The van der Waals surface area contributed by atoms with Crippen molar-refractivity contribution in [3.8, 4) is 10.4 Å². The fourth-order valence-electron chi connectivity index (χ4n) is 3.77. The van der Waals surface area contributed by atoms with Crippen LogP contribution in [-0.2, 0) is 0 Å². The molecule has 1 aliphatic rings. The minimum atomic E-state index is -0.298. The van der Waals surface area contributed by atoms with Crippen molar-refractivity contribution in [3.05, 3.63) is 52.5 Å². The van der Waals surface area contributed by atoms with E-state index in [-0.39, 0.29) is 17.8 Å². The highest BCUT2D eigenvalue weighted by Crippen LogP contribution is 2.32. The van der Waals surface area contributed by atoms with E-state index in [0.717, 1.165) is 45.0 Å². The van der Waals surface area contributed by atoms with Crippen molar-refractivity contribution in [2.45, 2.75) is 37.9 Å². The lowest BCUT2D eigenvalue weighted by Gasteiger charge is -2.25. The van der Waals surface area contributed by atoms with E-state index in [0.29, 0.717) is 18.8 Å². The maximum absolute atomic E-state index is 13.4. The molecule has 0 spiro atoms. The molecule has 9 heteroatoms. The Morgan fingerprint density at radius 2 is 2.03 bits per heavy atom. The van der Waals surface area contributed by atoms with E-state index in [1.807, 2.05) is 31.1 Å². The Labute approximate surface area is 189 Å². The van der Waals surface area contributed by atoms with Gasteiger partial charge in [0, 0.05) is 30.9 Å². The first-order valence-corrected chi connectivity index (χ1v) is 12.2. The van der Waals surface area contributed by atoms with Gasteiger partial charge >= 0.3 is 0 Å². The Balaban J connectivity index is 1.52. The minimum absolute atomic E-state index is 0.0589. The molecule has 0 bridgehead atoms. The van der Waals surface area contributed by atoms with Crippen LogP contribution in [0.1, 0.15) is 34.0 Å². The van der Waals surface area contributed by atoms with Gasteiger partial charge in [-0.05, 0) is 50.6 Å². The Bertz CT molecular complexity index is 1090. The lowest BCUT2D eigenvalue weighted by atomic mass is 10.1. The number of carbonyl (C=O) groups excluding carboxylic acids is 1. The van der Waals surface area contributed by atoms with Crippen LogP contribution in [0.4, 0.5) is 10.2 Å². The van der Waals surface area contributed by atoms with E-state index in [1.165, 1.54) is 35.2 Å². The molecule has 0 radical (unpaired) electrons. The fourth-order valence-corrected chi connectivity index (χ4v) is 5.11. The van der Waals surface area contributed by atoms with Crippen molar-refractivity contribution in [1.82, 2.24) is 19.9 Å². The van der Waals surface area contributed by atoms with Gasteiger partial charge in [-0.3, -0.25) is 4.79 Å². The summed E-state index contributed by atoms with van der Waals surface area (Å²) in [4.78, 5) is 29.5. The quantitative estimate of drug-likeness (QED) is 0.424. The summed E-state index contributed by atoms with van der Waals surface area (Å²) < 4.78 is 13.4. The normalized spacial score (nSPS) is 16.0. The number of nitrogens with zero attached hydrogens (tertiary/aromatic N) is 4. The Hall–Kier alpha value is -2.52. The number of hydrogen-bond acceptors (Lipinski definition) is 7. The molecule has 1 atom stereocenters. The molecule has 162 valence electrons. The highest BCUT2D eigenvalue weighted by Gasteiger charge is 2.32. The summed E-state index contributed by atoms with van der Waals surface area (Å²) in [5.41, 5.74) is 2.16. The summed E-state index contributed by atoms with van der Waals surface area (Å²) in [6.45, 7) is 5.15. The van der Waals surface area contributed by atoms with Gasteiger partial charge < -0.3 is 10.2 Å². The predicted octanol–water partition coefficient (Wildman–Crippen LogP) is 4.79. The van der Waals surface area contributed by atoms with Gasteiger partial charge in [-0.1, -0.05) is 23.9 Å². The van der Waals surface area contributed by atoms with Gasteiger partial charge in [-0.25, -0.2) is 19.3 Å². The van der Waals surface area contributed by atoms with E-state index in [9.17, 15) is 9.18 Å². The van der Waals surface area contributed by atoms with Gasteiger partial charge in [-0.2, -0.15) is 0 Å². The predicted molar refractivity (Wildman–Crippen MR) is 123 cm³/mol. The zero-order valence-corrected chi connectivity index (χ0v) is 19.3. The Kier molecular flexibility index (Phi) is 6.52. The topological polar surface area (TPSA) is 71.0 Å². The van der Waals surface area contributed by atoms with Crippen molar-refractivity contribution >= 4 is 34.8 Å². The molecule has 1 aliphatic heterocycles. The molecule has 1 fully saturated rings. The van der Waals surface area contributed by atoms with Crippen LogP contribution in [0.15, 0.2) is 35.5 Å². The maximum Gasteiger partial charge on any atom is 0.274 e. The Morgan fingerprint density at radius 3 is 2.77 bits per heavy atom. The number of thioether (sulfide) groups is 1. The Morgan fingerprint density at radius 1 is 1.26 bits per heavy atom. The summed E-state index contributed by atoms with van der Waals surface area (Å²) in [6.07, 6.45) is 3.82. The molecular weight excluding hydrogens is 433 g/mol. The number of benzene rings is 1. The molecule has 1 saturated heterocycles. The number of aromatic nitrogens is 3. The number of thiazole rings is 1. The number of hydrogen-bond donors (Lipinski definition) is 1. The SMILES string of the molecule is CSc1nc(C)cc(NC[C@@H]2CCCN2C(=O)c2nc(C)sc2-c2ccc(F)cc2)n1. The molecule has 2 aromatic heterocycles. The fraction of sp³-hybridized carbons (Fsp3) is 0.364. The van der Waals surface area contributed by atoms with E-state index in [2.05, 4.69) is 20.3 Å². The van der Waals surface area contributed by atoms with Gasteiger partial charge in [0.15, 0.2) is 5.16 Å². The number of carbonyl (C=O) groups is 1. The largest absolute Gasteiger partial charge is 0.368 e. The van der Waals surface area contributed by atoms with Gasteiger partial charge in [0.25, 0.3) is 5.91 Å². The minimum Gasteiger partial charge on any atom is -0.368 e. The second kappa shape index (κ2) is 9.32. The third-order valence-corrected chi connectivity index (χ3v) is 6.78. The summed E-state index contributed by atoms with van der Waals surface area (Å²) in [5.74, 6) is 0.400. The lowest BCUT2D eigenvalue weighted by Crippen LogP contribution is -2.40. The molecule has 0 saturated carbocycles. The molecule has 0 aliphatic carbocycles. The summed E-state index contributed by atoms with van der Waals surface area (Å²) in [7, 11) is 0. The zero-order chi connectivity index (χ0) is 22.0. The third kappa shape index (κ3) is 4.88. The molecule has 1 N–H and O–H groups in total. The number of aryl methyl sites for hydroxylation is 2. The number of halogens is 1. The van der Waals surface area contributed by atoms with Gasteiger partial charge in [-0.15, -0.1) is 11.3 Å². The molecule has 3 aromatic rings. The highest BCUT2D eigenvalue weighted by atomic mass is 32.2. The van der Waals surface area contributed by atoms with Gasteiger partial charge in [0.1, 0.15) is 17.3 Å². The van der Waals surface area contributed by atoms with Crippen LogP contribution in [0.5, 0.6) is 0 Å². The van der Waals surface area contributed by atoms with E-state index < -0.39 is 0 Å². The van der Waals surface area contributed by atoms with E-state index in [1.54, 1.807) is 12.1 Å². The summed E-state index contributed by atoms with van der Waals surface area (Å²) >= 11 is 2.96. The molecule has 3 heterocycles. The maximum atomic E-state index is 13.4. The third-order valence-electron chi connectivity index (χ3n) is 5.22. The van der Waals surface area contributed by atoms with Crippen molar-refractivity contribution in [2.75, 3.05) is 24.7 Å².